The van der Waals surface area contributed by atoms with E-state index in [2.05, 4.69) is 6.26 Å². The average Bonchev–Trinajstić information content (AvgIpc) is 2.15. The van der Waals surface area contributed by atoms with E-state index < -0.39 is 0 Å². The highest BCUT2D eigenvalue weighted by molar-refractivity contribution is 4.98. The Bertz CT molecular complexity index is 155. The summed E-state index contributed by atoms with van der Waals surface area (Å²) < 4.78 is 4.94. The van der Waals surface area contributed by atoms with E-state index in [0.717, 1.165) is 12.2 Å². The molecular formula is C7H10NO. The first-order chi connectivity index (χ1) is 4.29. The fraction of sp³-hybridized carbons (Fsp3) is 0.429. The molecule has 1 aromatic rings. The third kappa shape index (κ3) is 1.90. The molecule has 0 spiro atoms. The highest BCUT2D eigenvalue weighted by Gasteiger charge is 1.98. The smallest absolute Gasteiger partial charge is 0.169 e. The number of hydrogen-bond acceptors (Lipinski definition) is 2. The Hall–Kier alpha value is -0.760. The molecule has 2 N–H and O–H groups in total. The van der Waals surface area contributed by atoms with Crippen LogP contribution in [0.3, 0.4) is 0 Å². The van der Waals surface area contributed by atoms with Gasteiger partial charge < -0.3 is 10.2 Å². The maximum absolute atomic E-state index is 5.51. The Kier molecular flexibility index (Phi) is 1.90. The molecule has 1 atom stereocenters. The summed E-state index contributed by atoms with van der Waals surface area (Å²) in [5.74, 6) is 0.907. The molecule has 1 rings (SSSR count). The molecule has 1 aromatic heterocycles. The van der Waals surface area contributed by atoms with E-state index in [9.17, 15) is 0 Å². The average molecular weight is 124 g/mol. The van der Waals surface area contributed by atoms with Gasteiger partial charge >= 0.3 is 0 Å². The molecule has 0 aliphatic rings. The molecule has 0 aromatic carbocycles. The minimum Gasteiger partial charge on any atom is -0.458 e. The molecule has 1 radical (unpaired) electrons. The van der Waals surface area contributed by atoms with E-state index in [1.165, 1.54) is 0 Å². The van der Waals surface area contributed by atoms with Crippen LogP contribution in [-0.4, -0.2) is 6.04 Å². The molecule has 49 valence electrons. The van der Waals surface area contributed by atoms with Crippen LogP contribution in [0.5, 0.6) is 0 Å². The van der Waals surface area contributed by atoms with Gasteiger partial charge in [0, 0.05) is 12.5 Å². The topological polar surface area (TPSA) is 39.2 Å². The fourth-order valence-electron chi connectivity index (χ4n) is 0.698. The first-order valence-electron chi connectivity index (χ1n) is 2.99. The van der Waals surface area contributed by atoms with Gasteiger partial charge in [0.25, 0.3) is 0 Å². The van der Waals surface area contributed by atoms with Gasteiger partial charge in [0.1, 0.15) is 5.76 Å². The van der Waals surface area contributed by atoms with Crippen molar-refractivity contribution in [2.75, 3.05) is 0 Å². The standard InChI is InChI=1S/C7H10NO/c1-6(8)5-7-3-2-4-9-7/h2-3,6H,5,8H2,1H3. The molecule has 2 heteroatoms. The van der Waals surface area contributed by atoms with E-state index in [0.29, 0.717) is 0 Å². The van der Waals surface area contributed by atoms with Crippen molar-refractivity contribution in [2.45, 2.75) is 19.4 Å². The molecule has 0 amide bonds. The van der Waals surface area contributed by atoms with Crippen LogP contribution >= 0.6 is 0 Å². The van der Waals surface area contributed by atoms with Crippen molar-refractivity contribution in [3.8, 4) is 0 Å². The van der Waals surface area contributed by atoms with Crippen molar-refractivity contribution in [3.63, 3.8) is 0 Å². The second-order valence-corrected chi connectivity index (χ2v) is 2.20. The van der Waals surface area contributed by atoms with Gasteiger partial charge in [-0.1, -0.05) is 0 Å². The highest BCUT2D eigenvalue weighted by atomic mass is 16.3. The second-order valence-electron chi connectivity index (χ2n) is 2.20. The van der Waals surface area contributed by atoms with Crippen LogP contribution in [0.1, 0.15) is 12.7 Å². The quantitative estimate of drug-likeness (QED) is 0.638. The molecule has 0 saturated carbocycles. The van der Waals surface area contributed by atoms with Crippen LogP contribution in [-0.2, 0) is 6.42 Å². The third-order valence-electron chi connectivity index (χ3n) is 1.05. The molecule has 0 aliphatic heterocycles. The van der Waals surface area contributed by atoms with Gasteiger partial charge in [0.05, 0.1) is 0 Å². The third-order valence-corrected chi connectivity index (χ3v) is 1.05. The Morgan fingerprint density at radius 2 is 2.67 bits per heavy atom. The number of furan rings is 1. The van der Waals surface area contributed by atoms with E-state index in [-0.39, 0.29) is 6.04 Å². The van der Waals surface area contributed by atoms with Crippen molar-refractivity contribution in [1.82, 2.24) is 0 Å². The second kappa shape index (κ2) is 2.69. The summed E-state index contributed by atoms with van der Waals surface area (Å²) in [6.07, 6.45) is 3.40. The van der Waals surface area contributed by atoms with Crippen molar-refractivity contribution in [1.29, 1.82) is 0 Å². The zero-order chi connectivity index (χ0) is 6.69. The lowest BCUT2D eigenvalue weighted by Gasteiger charge is -1.98. The number of nitrogens with two attached hydrogens (primary N) is 1. The lowest BCUT2D eigenvalue weighted by atomic mass is 10.2. The van der Waals surface area contributed by atoms with Crippen LogP contribution in [0.25, 0.3) is 0 Å². The zero-order valence-electron chi connectivity index (χ0n) is 5.42. The normalized spacial score (nSPS) is 13.6. The minimum absolute atomic E-state index is 0.171. The molecule has 0 fully saturated rings. The van der Waals surface area contributed by atoms with Gasteiger partial charge in [-0.05, 0) is 19.1 Å². The summed E-state index contributed by atoms with van der Waals surface area (Å²) >= 11 is 0. The van der Waals surface area contributed by atoms with E-state index in [4.69, 9.17) is 10.2 Å². The lowest BCUT2D eigenvalue weighted by molar-refractivity contribution is 0.485. The summed E-state index contributed by atoms with van der Waals surface area (Å²) in [7, 11) is 0. The van der Waals surface area contributed by atoms with Crippen molar-refractivity contribution < 1.29 is 4.42 Å². The van der Waals surface area contributed by atoms with Gasteiger partial charge in [0.15, 0.2) is 6.26 Å². The molecule has 2 nitrogen and oxygen atoms in total. The molecule has 0 saturated heterocycles. The Morgan fingerprint density at radius 1 is 1.89 bits per heavy atom. The van der Waals surface area contributed by atoms with Gasteiger partial charge in [-0.15, -0.1) is 0 Å². The molecule has 0 aliphatic carbocycles. The molecule has 1 unspecified atom stereocenters. The van der Waals surface area contributed by atoms with Crippen LogP contribution < -0.4 is 5.73 Å². The van der Waals surface area contributed by atoms with Crippen molar-refractivity contribution in [2.24, 2.45) is 5.73 Å². The van der Waals surface area contributed by atoms with Crippen LogP contribution in [0.4, 0.5) is 0 Å². The van der Waals surface area contributed by atoms with Gasteiger partial charge in [0.2, 0.25) is 0 Å². The predicted molar refractivity (Wildman–Crippen MR) is 34.9 cm³/mol. The summed E-state index contributed by atoms with van der Waals surface area (Å²) in [5, 5.41) is 0. The zero-order valence-corrected chi connectivity index (χ0v) is 5.42. The van der Waals surface area contributed by atoms with E-state index >= 15 is 0 Å². The minimum atomic E-state index is 0.171. The van der Waals surface area contributed by atoms with Gasteiger partial charge in [-0.25, -0.2) is 0 Å². The lowest BCUT2D eigenvalue weighted by Crippen LogP contribution is -2.17. The molecular weight excluding hydrogens is 114 g/mol. The first-order valence-corrected chi connectivity index (χ1v) is 2.99. The van der Waals surface area contributed by atoms with Crippen LogP contribution in [0, 0.1) is 6.26 Å². The number of hydrogen-bond donors (Lipinski definition) is 1. The van der Waals surface area contributed by atoms with E-state index in [1.54, 1.807) is 6.07 Å². The Labute approximate surface area is 54.7 Å². The summed E-state index contributed by atoms with van der Waals surface area (Å²) in [4.78, 5) is 0. The maximum atomic E-state index is 5.51. The van der Waals surface area contributed by atoms with Crippen LogP contribution in [0.2, 0.25) is 0 Å². The largest absolute Gasteiger partial charge is 0.458 e. The summed E-state index contributed by atoms with van der Waals surface area (Å²) in [5.41, 5.74) is 5.51. The Morgan fingerprint density at radius 3 is 3.11 bits per heavy atom. The van der Waals surface area contributed by atoms with Crippen molar-refractivity contribution in [3.05, 3.63) is 24.2 Å². The number of rotatable bonds is 2. The predicted octanol–water partition coefficient (Wildman–Crippen LogP) is 0.969. The van der Waals surface area contributed by atoms with E-state index in [1.807, 2.05) is 13.0 Å². The highest BCUT2D eigenvalue weighted by Crippen LogP contribution is 2.00. The SMILES string of the molecule is CC(N)Cc1cc[c]o1. The first kappa shape index (κ1) is 6.36. The summed E-state index contributed by atoms with van der Waals surface area (Å²) in [6.45, 7) is 1.95. The van der Waals surface area contributed by atoms with Crippen molar-refractivity contribution >= 4 is 0 Å². The van der Waals surface area contributed by atoms with Gasteiger partial charge in [-0.2, -0.15) is 0 Å². The molecule has 1 heterocycles. The Balaban J connectivity index is 2.48. The van der Waals surface area contributed by atoms with Gasteiger partial charge in [-0.3, -0.25) is 0 Å². The molecule has 0 bridgehead atoms. The fourth-order valence-corrected chi connectivity index (χ4v) is 0.698. The monoisotopic (exact) mass is 124 g/mol. The maximum Gasteiger partial charge on any atom is 0.169 e. The van der Waals surface area contributed by atoms with Crippen LogP contribution in [0.15, 0.2) is 16.5 Å². The summed E-state index contributed by atoms with van der Waals surface area (Å²) in [6, 6.07) is 3.80. The molecule has 9 heavy (non-hydrogen) atoms.